The zero-order valence-electron chi connectivity index (χ0n) is 18.4. The Morgan fingerprint density at radius 2 is 1.59 bits per heavy atom. The molecule has 154 valence electrons. The third-order valence-electron chi connectivity index (χ3n) is 5.11. The summed E-state index contributed by atoms with van der Waals surface area (Å²) in [6, 6.07) is 12.7. The first kappa shape index (κ1) is 21.1. The van der Waals surface area contributed by atoms with Gasteiger partial charge in [-0.15, -0.1) is 5.10 Å². The Morgan fingerprint density at radius 1 is 0.966 bits per heavy atom. The lowest BCUT2D eigenvalue weighted by molar-refractivity contribution is -0.215. The Morgan fingerprint density at radius 3 is 2.17 bits per heavy atom. The maximum Gasteiger partial charge on any atom is 0.186 e. The van der Waals surface area contributed by atoms with E-state index in [1.807, 2.05) is 0 Å². The fraction of sp³-hybridized carbons (Fsp3) is 0.417. The largest absolute Gasteiger partial charge is 0.239 e. The van der Waals surface area contributed by atoms with Crippen LogP contribution in [-0.4, -0.2) is 23.1 Å². The smallest absolute Gasteiger partial charge is 0.186 e. The molecule has 2 aromatic rings. The van der Waals surface area contributed by atoms with E-state index in [-0.39, 0.29) is 6.10 Å². The minimum atomic E-state index is 0.0602. The topological polar surface area (TPSA) is 49.2 Å². The van der Waals surface area contributed by atoms with Crippen molar-refractivity contribution in [3.63, 3.8) is 0 Å². The van der Waals surface area contributed by atoms with E-state index in [1.54, 1.807) is 0 Å². The summed E-state index contributed by atoms with van der Waals surface area (Å²) in [5, 5.41) is 6.13. The van der Waals surface area contributed by atoms with Crippen LogP contribution in [-0.2, 0) is 4.84 Å². The van der Waals surface area contributed by atoms with Crippen LogP contribution >= 0.6 is 0 Å². The molecule has 0 saturated heterocycles. The van der Waals surface area contributed by atoms with Crippen molar-refractivity contribution in [2.24, 2.45) is 10.1 Å². The van der Waals surface area contributed by atoms with Crippen LogP contribution in [0.4, 0.5) is 0 Å². The minimum Gasteiger partial charge on any atom is -0.239 e. The molecule has 2 aromatic carbocycles. The van der Waals surface area contributed by atoms with Crippen LogP contribution in [0, 0.1) is 27.7 Å². The molecule has 1 unspecified atom stereocenters. The van der Waals surface area contributed by atoms with Crippen LogP contribution < -0.4 is 5.43 Å². The van der Waals surface area contributed by atoms with Gasteiger partial charge in [0.2, 0.25) is 0 Å². The number of nitrogens with zero attached hydrogens (tertiary/aromatic N) is 3. The number of hydrogen-bond donors (Lipinski definition) is 1. The van der Waals surface area contributed by atoms with Crippen molar-refractivity contribution < 1.29 is 4.84 Å². The zero-order chi connectivity index (χ0) is 21.0. The van der Waals surface area contributed by atoms with Gasteiger partial charge in [-0.1, -0.05) is 72.6 Å². The standard InChI is InChI=1S/C24H32N4O/c1-7-8-9-20(6)29-28-26-23(21-12-10-16(2)14-18(21)4)25-24(27-28)22-13-11-17(3)15-19(22)5/h10-15,20H,7-9H2,1-6H3,(H,25,26,27). The van der Waals surface area contributed by atoms with Crippen molar-refractivity contribution in [1.29, 1.82) is 0 Å². The van der Waals surface area contributed by atoms with Crippen molar-refractivity contribution in [1.82, 2.24) is 10.7 Å². The van der Waals surface area contributed by atoms with Crippen LogP contribution in [0.3, 0.4) is 0 Å². The molecule has 0 saturated carbocycles. The number of hydrogen-bond acceptors (Lipinski definition) is 5. The predicted molar refractivity (Wildman–Crippen MR) is 120 cm³/mol. The predicted octanol–water partition coefficient (Wildman–Crippen LogP) is 5.36. The van der Waals surface area contributed by atoms with E-state index in [4.69, 9.17) is 9.83 Å². The highest BCUT2D eigenvalue weighted by Gasteiger charge is 2.21. The lowest BCUT2D eigenvalue weighted by Crippen LogP contribution is -2.45. The second kappa shape index (κ2) is 9.23. The molecular weight excluding hydrogens is 360 g/mol. The van der Waals surface area contributed by atoms with Gasteiger partial charge < -0.3 is 0 Å². The second-order valence-electron chi connectivity index (χ2n) is 7.96. The summed E-state index contributed by atoms with van der Waals surface area (Å²) >= 11 is 0. The van der Waals surface area contributed by atoms with Gasteiger partial charge in [-0.25, -0.2) is 15.3 Å². The number of nitrogens with one attached hydrogen (secondary N) is 1. The van der Waals surface area contributed by atoms with Crippen molar-refractivity contribution in [3.05, 3.63) is 69.8 Å². The minimum absolute atomic E-state index is 0.0602. The summed E-state index contributed by atoms with van der Waals surface area (Å²) in [6.07, 6.45) is 3.32. The molecule has 5 heteroatoms. The van der Waals surface area contributed by atoms with E-state index in [1.165, 1.54) is 16.4 Å². The van der Waals surface area contributed by atoms with Crippen LogP contribution in [0.5, 0.6) is 0 Å². The number of aliphatic imine (C=N–C) groups is 1. The first-order chi connectivity index (χ1) is 13.9. The van der Waals surface area contributed by atoms with Gasteiger partial charge in [-0.3, -0.25) is 0 Å². The summed E-state index contributed by atoms with van der Waals surface area (Å²) in [5.41, 5.74) is 10.1. The molecule has 1 aliphatic heterocycles. The first-order valence-electron chi connectivity index (χ1n) is 10.4. The van der Waals surface area contributed by atoms with Crippen LogP contribution in [0.2, 0.25) is 0 Å². The molecule has 3 rings (SSSR count). The summed E-state index contributed by atoms with van der Waals surface area (Å²) in [7, 11) is 0. The number of rotatable bonds is 7. The highest BCUT2D eigenvalue weighted by molar-refractivity contribution is 6.13. The molecule has 0 fully saturated rings. The quantitative estimate of drug-likeness (QED) is 0.690. The SMILES string of the molecule is CCCCC(C)ON1N=C(c2ccc(C)cc2C)N=C(c2ccc(C)cc2C)N1. The van der Waals surface area contributed by atoms with E-state index in [0.717, 1.165) is 47.4 Å². The lowest BCUT2D eigenvalue weighted by Gasteiger charge is -2.28. The fourth-order valence-corrected chi connectivity index (χ4v) is 3.50. The molecule has 0 aromatic heterocycles. The third kappa shape index (κ3) is 5.24. The number of benzene rings is 2. The van der Waals surface area contributed by atoms with E-state index < -0.39 is 0 Å². The zero-order valence-corrected chi connectivity index (χ0v) is 18.4. The molecule has 1 aliphatic rings. The third-order valence-corrected chi connectivity index (χ3v) is 5.11. The van der Waals surface area contributed by atoms with Crippen LogP contribution in [0.25, 0.3) is 0 Å². The van der Waals surface area contributed by atoms with Gasteiger partial charge in [0.15, 0.2) is 11.7 Å². The summed E-state index contributed by atoms with van der Waals surface area (Å²) in [4.78, 5) is 10.9. The van der Waals surface area contributed by atoms with Gasteiger partial charge in [-0.05, 0) is 52.2 Å². The Balaban J connectivity index is 1.97. The lowest BCUT2D eigenvalue weighted by atomic mass is 10.0. The summed E-state index contributed by atoms with van der Waals surface area (Å²) in [5.74, 6) is 1.40. The maximum absolute atomic E-state index is 6.08. The molecule has 29 heavy (non-hydrogen) atoms. The Bertz CT molecular complexity index is 932. The van der Waals surface area contributed by atoms with E-state index in [2.05, 4.69) is 88.5 Å². The van der Waals surface area contributed by atoms with Crippen molar-refractivity contribution in [2.45, 2.75) is 66.9 Å². The molecule has 0 amide bonds. The Hall–Kier alpha value is -2.66. The highest BCUT2D eigenvalue weighted by Crippen LogP contribution is 2.19. The first-order valence-corrected chi connectivity index (χ1v) is 10.4. The van der Waals surface area contributed by atoms with E-state index in [9.17, 15) is 0 Å². The molecule has 1 atom stereocenters. The number of hydrazine groups is 1. The molecular formula is C24H32N4O. The average molecular weight is 393 g/mol. The molecule has 5 nitrogen and oxygen atoms in total. The fourth-order valence-electron chi connectivity index (χ4n) is 3.50. The van der Waals surface area contributed by atoms with Crippen molar-refractivity contribution in [2.75, 3.05) is 0 Å². The molecule has 1 N–H and O–H groups in total. The van der Waals surface area contributed by atoms with Crippen molar-refractivity contribution in [3.8, 4) is 0 Å². The highest BCUT2D eigenvalue weighted by atomic mass is 16.7. The van der Waals surface area contributed by atoms with Crippen LogP contribution in [0.1, 0.15) is 66.5 Å². The Kier molecular flexibility index (Phi) is 6.70. The summed E-state index contributed by atoms with van der Waals surface area (Å²) in [6.45, 7) is 12.6. The van der Waals surface area contributed by atoms with Gasteiger partial charge in [0.05, 0.1) is 6.10 Å². The molecule has 1 heterocycles. The van der Waals surface area contributed by atoms with Gasteiger partial charge in [-0.2, -0.15) is 0 Å². The van der Waals surface area contributed by atoms with Crippen molar-refractivity contribution >= 4 is 11.7 Å². The van der Waals surface area contributed by atoms with Gasteiger partial charge >= 0.3 is 0 Å². The van der Waals surface area contributed by atoms with Crippen LogP contribution in [0.15, 0.2) is 46.5 Å². The monoisotopic (exact) mass is 392 g/mol. The average Bonchev–Trinajstić information content (AvgIpc) is 2.66. The molecule has 0 bridgehead atoms. The summed E-state index contributed by atoms with van der Waals surface area (Å²) < 4.78 is 0. The van der Waals surface area contributed by atoms with E-state index in [0.29, 0.717) is 5.84 Å². The maximum atomic E-state index is 6.08. The molecule has 0 radical (unpaired) electrons. The number of amidine groups is 2. The molecule has 0 spiro atoms. The normalized spacial score (nSPS) is 14.9. The molecule has 0 aliphatic carbocycles. The number of unbranched alkanes of at least 4 members (excludes halogenated alkanes) is 1. The van der Waals surface area contributed by atoms with E-state index >= 15 is 0 Å². The van der Waals surface area contributed by atoms with Gasteiger partial charge in [0, 0.05) is 11.1 Å². The van der Waals surface area contributed by atoms with Gasteiger partial charge in [0.25, 0.3) is 0 Å². The second-order valence-corrected chi connectivity index (χ2v) is 7.96. The van der Waals surface area contributed by atoms with Gasteiger partial charge in [0.1, 0.15) is 0 Å². The number of hydrazone groups is 1. The number of aryl methyl sites for hydroxylation is 4. The Labute approximate surface area is 174 Å².